The molecule has 0 atom stereocenters. The van der Waals surface area contributed by atoms with Crippen molar-refractivity contribution < 1.29 is 13.6 Å². The van der Waals surface area contributed by atoms with Crippen molar-refractivity contribution in [3.05, 3.63) is 22.9 Å². The highest BCUT2D eigenvalue weighted by Gasteiger charge is 2.18. The number of nitrogens with zero attached hydrogens (tertiary/aromatic N) is 1. The highest BCUT2D eigenvalue weighted by Crippen LogP contribution is 2.23. The molecule has 0 unspecified atom stereocenters. The molecule has 1 aromatic heterocycles. The maximum atomic E-state index is 12.4. The molecular weight excluding hydrogens is 192 g/mol. The van der Waals surface area contributed by atoms with Crippen LogP contribution in [0.5, 0.6) is 0 Å². The van der Waals surface area contributed by atoms with Crippen molar-refractivity contribution >= 4 is 12.1 Å². The smallest absolute Gasteiger partial charge is 0.281 e. The second-order valence-corrected chi connectivity index (χ2v) is 2.63. The first-order valence-corrected chi connectivity index (χ1v) is 3.82. The molecule has 14 heavy (non-hydrogen) atoms. The van der Waals surface area contributed by atoms with Gasteiger partial charge in [-0.3, -0.25) is 4.79 Å². The second kappa shape index (κ2) is 4.10. The quantitative estimate of drug-likeness (QED) is 0.711. The molecule has 0 bridgehead atoms. The van der Waals surface area contributed by atoms with E-state index in [9.17, 15) is 13.6 Å². The minimum absolute atomic E-state index is 0.0273. The fourth-order valence-corrected chi connectivity index (χ4v) is 1.12. The van der Waals surface area contributed by atoms with E-state index in [0.717, 1.165) is 0 Å². The maximum absolute atomic E-state index is 12.4. The zero-order chi connectivity index (χ0) is 10.7. The van der Waals surface area contributed by atoms with Crippen LogP contribution in [-0.2, 0) is 6.54 Å². The van der Waals surface area contributed by atoms with Crippen LogP contribution in [0.3, 0.4) is 0 Å². The van der Waals surface area contributed by atoms with Crippen LogP contribution in [0, 0.1) is 0 Å². The van der Waals surface area contributed by atoms with Crippen molar-refractivity contribution in [2.45, 2.75) is 13.0 Å². The predicted octanol–water partition coefficient (Wildman–Crippen LogP) is 0.873. The SMILES string of the molecule is NCc1cc(N)nc(C(F)F)c1C=O. The Hall–Kier alpha value is -1.56. The minimum atomic E-state index is -2.83. The van der Waals surface area contributed by atoms with Crippen molar-refractivity contribution in [2.75, 3.05) is 5.73 Å². The Bertz CT molecular complexity index is 355. The summed E-state index contributed by atoms with van der Waals surface area (Å²) >= 11 is 0. The van der Waals surface area contributed by atoms with E-state index in [1.54, 1.807) is 0 Å². The second-order valence-electron chi connectivity index (χ2n) is 2.63. The number of nitrogens with two attached hydrogens (primary N) is 2. The summed E-state index contributed by atoms with van der Waals surface area (Å²) in [5.41, 5.74) is 10.1. The fraction of sp³-hybridized carbons (Fsp3) is 0.250. The van der Waals surface area contributed by atoms with Gasteiger partial charge in [-0.25, -0.2) is 13.8 Å². The number of rotatable bonds is 3. The largest absolute Gasteiger partial charge is 0.384 e. The van der Waals surface area contributed by atoms with E-state index in [2.05, 4.69) is 4.98 Å². The van der Waals surface area contributed by atoms with Gasteiger partial charge >= 0.3 is 0 Å². The number of hydrogen-bond acceptors (Lipinski definition) is 4. The Morgan fingerprint density at radius 2 is 2.21 bits per heavy atom. The third-order valence-corrected chi connectivity index (χ3v) is 1.74. The van der Waals surface area contributed by atoms with E-state index in [-0.39, 0.29) is 23.5 Å². The molecule has 0 aliphatic heterocycles. The third kappa shape index (κ3) is 1.85. The third-order valence-electron chi connectivity index (χ3n) is 1.74. The fourth-order valence-electron chi connectivity index (χ4n) is 1.12. The zero-order valence-electron chi connectivity index (χ0n) is 7.21. The van der Waals surface area contributed by atoms with E-state index < -0.39 is 12.1 Å². The number of aromatic nitrogens is 1. The van der Waals surface area contributed by atoms with Gasteiger partial charge in [0, 0.05) is 12.1 Å². The van der Waals surface area contributed by atoms with E-state index in [1.165, 1.54) is 6.07 Å². The molecule has 0 saturated carbocycles. The first-order chi connectivity index (χ1) is 6.60. The van der Waals surface area contributed by atoms with Gasteiger partial charge in [0.2, 0.25) is 0 Å². The first-order valence-electron chi connectivity index (χ1n) is 3.82. The highest BCUT2D eigenvalue weighted by molar-refractivity contribution is 5.79. The zero-order valence-corrected chi connectivity index (χ0v) is 7.21. The summed E-state index contributed by atoms with van der Waals surface area (Å²) in [5.74, 6) is -0.0636. The summed E-state index contributed by atoms with van der Waals surface area (Å²) in [6, 6.07) is 1.32. The Kier molecular flexibility index (Phi) is 3.08. The van der Waals surface area contributed by atoms with Crippen molar-refractivity contribution in [3.63, 3.8) is 0 Å². The Labute approximate surface area is 78.9 Å². The minimum Gasteiger partial charge on any atom is -0.384 e. The number of anilines is 1. The van der Waals surface area contributed by atoms with Crippen molar-refractivity contribution in [3.8, 4) is 0 Å². The van der Waals surface area contributed by atoms with Gasteiger partial charge in [-0.05, 0) is 11.6 Å². The monoisotopic (exact) mass is 201 g/mol. The number of aldehydes is 1. The highest BCUT2D eigenvalue weighted by atomic mass is 19.3. The van der Waals surface area contributed by atoms with E-state index in [1.807, 2.05) is 0 Å². The van der Waals surface area contributed by atoms with Crippen LogP contribution >= 0.6 is 0 Å². The van der Waals surface area contributed by atoms with E-state index in [4.69, 9.17) is 11.5 Å². The van der Waals surface area contributed by atoms with Crippen LogP contribution in [0.2, 0.25) is 0 Å². The number of nitrogen functional groups attached to an aromatic ring is 1. The summed E-state index contributed by atoms with van der Waals surface area (Å²) in [4.78, 5) is 13.9. The molecule has 1 rings (SSSR count). The summed E-state index contributed by atoms with van der Waals surface area (Å²) in [7, 11) is 0. The first kappa shape index (κ1) is 10.5. The van der Waals surface area contributed by atoms with Gasteiger partial charge in [0.15, 0.2) is 6.29 Å². The summed E-state index contributed by atoms with van der Waals surface area (Å²) in [6.07, 6.45) is -2.51. The molecule has 0 aromatic carbocycles. The van der Waals surface area contributed by atoms with E-state index >= 15 is 0 Å². The molecule has 0 fully saturated rings. The molecule has 0 aliphatic rings. The van der Waals surface area contributed by atoms with Crippen molar-refractivity contribution in [2.24, 2.45) is 5.73 Å². The number of hydrogen-bond donors (Lipinski definition) is 2. The van der Waals surface area contributed by atoms with Gasteiger partial charge in [-0.2, -0.15) is 0 Å². The lowest BCUT2D eigenvalue weighted by Crippen LogP contribution is -2.09. The Morgan fingerprint density at radius 3 is 2.64 bits per heavy atom. The molecule has 1 aromatic rings. The molecule has 76 valence electrons. The summed E-state index contributed by atoms with van der Waals surface area (Å²) < 4.78 is 24.8. The summed E-state index contributed by atoms with van der Waals surface area (Å²) in [5, 5.41) is 0. The standard InChI is InChI=1S/C8H9F2N3O/c9-8(10)7-5(3-14)4(2-11)1-6(12)13-7/h1,3,8H,2,11H2,(H2,12,13). The van der Waals surface area contributed by atoms with Gasteiger partial charge in [-0.15, -0.1) is 0 Å². The Morgan fingerprint density at radius 1 is 1.57 bits per heavy atom. The van der Waals surface area contributed by atoms with Gasteiger partial charge < -0.3 is 11.5 Å². The molecular formula is C8H9F2N3O. The molecule has 4 N–H and O–H groups in total. The van der Waals surface area contributed by atoms with Gasteiger partial charge in [-0.1, -0.05) is 0 Å². The number of halogens is 2. The molecule has 6 heteroatoms. The average molecular weight is 201 g/mol. The van der Waals surface area contributed by atoms with E-state index in [0.29, 0.717) is 6.29 Å². The number of carbonyl (C=O) groups is 1. The molecule has 0 amide bonds. The molecule has 0 saturated heterocycles. The normalized spacial score (nSPS) is 10.6. The predicted molar refractivity (Wildman–Crippen MR) is 46.9 cm³/mol. The molecule has 4 nitrogen and oxygen atoms in total. The van der Waals surface area contributed by atoms with Gasteiger partial charge in [0.1, 0.15) is 11.5 Å². The van der Waals surface area contributed by atoms with Gasteiger partial charge in [0.25, 0.3) is 6.43 Å². The lowest BCUT2D eigenvalue weighted by molar-refractivity contribution is 0.110. The average Bonchev–Trinajstić information content (AvgIpc) is 2.16. The molecule has 0 spiro atoms. The van der Waals surface area contributed by atoms with Crippen LogP contribution in [0.25, 0.3) is 0 Å². The molecule has 1 heterocycles. The van der Waals surface area contributed by atoms with Crippen molar-refractivity contribution in [1.82, 2.24) is 4.98 Å². The Balaban J connectivity index is 3.39. The number of carbonyl (C=O) groups excluding carboxylic acids is 1. The topological polar surface area (TPSA) is 82.0 Å². The van der Waals surface area contributed by atoms with Crippen LogP contribution in [0.15, 0.2) is 6.07 Å². The van der Waals surface area contributed by atoms with Crippen molar-refractivity contribution in [1.29, 1.82) is 0 Å². The maximum Gasteiger partial charge on any atom is 0.281 e. The van der Waals surface area contributed by atoms with Crippen LogP contribution in [-0.4, -0.2) is 11.3 Å². The lowest BCUT2D eigenvalue weighted by atomic mass is 10.1. The molecule has 0 aliphatic carbocycles. The van der Waals surface area contributed by atoms with Gasteiger partial charge in [0.05, 0.1) is 0 Å². The van der Waals surface area contributed by atoms with Crippen LogP contribution in [0.4, 0.5) is 14.6 Å². The molecule has 0 radical (unpaired) electrons. The number of alkyl halides is 2. The number of pyridine rings is 1. The van der Waals surface area contributed by atoms with Crippen LogP contribution in [0.1, 0.15) is 28.0 Å². The summed E-state index contributed by atoms with van der Waals surface area (Å²) in [6.45, 7) is -0.0273. The van der Waals surface area contributed by atoms with Crippen LogP contribution < -0.4 is 11.5 Å². The lowest BCUT2D eigenvalue weighted by Gasteiger charge is -2.08.